The lowest BCUT2D eigenvalue weighted by Crippen LogP contribution is -2.21. The van der Waals surface area contributed by atoms with E-state index < -0.39 is 0 Å². The first-order valence-corrected chi connectivity index (χ1v) is 8.04. The van der Waals surface area contributed by atoms with Gasteiger partial charge < -0.3 is 5.32 Å². The minimum Gasteiger partial charge on any atom is -0.355 e. The highest BCUT2D eigenvalue weighted by molar-refractivity contribution is 8.76. The molecule has 0 aromatic heterocycles. The number of hydrogen-bond donors (Lipinski definition) is 1. The Morgan fingerprint density at radius 1 is 1.00 bits per heavy atom. The van der Waals surface area contributed by atoms with E-state index >= 15 is 0 Å². The fraction of sp³-hybridized carbons (Fsp3) is 0.462. The van der Waals surface area contributed by atoms with Crippen molar-refractivity contribution in [2.24, 2.45) is 0 Å². The van der Waals surface area contributed by atoms with Crippen LogP contribution in [-0.4, -0.2) is 19.2 Å². The number of carbonyl (C=O) groups is 1. The minimum absolute atomic E-state index is 0.00560. The largest absolute Gasteiger partial charge is 0.355 e. The van der Waals surface area contributed by atoms with Crippen LogP contribution in [0, 0.1) is 27.7 Å². The van der Waals surface area contributed by atoms with E-state index in [0.717, 1.165) is 16.7 Å². The third-order valence-corrected chi connectivity index (χ3v) is 5.12. The standard InChI is InChI=1S/C13H19NOS2/c1-7-8(2)11(13(15)14-5)10(4)12(9(7)3)17-16-6/h1-6H3,(H,14,15). The summed E-state index contributed by atoms with van der Waals surface area (Å²) in [5.74, 6) is 0.00560. The maximum atomic E-state index is 11.9. The molecule has 0 aliphatic heterocycles. The highest BCUT2D eigenvalue weighted by Gasteiger charge is 2.19. The van der Waals surface area contributed by atoms with Crippen LogP contribution in [-0.2, 0) is 0 Å². The molecule has 0 saturated carbocycles. The fourth-order valence-corrected chi connectivity index (χ4v) is 3.91. The second-order valence-corrected chi connectivity index (χ2v) is 6.44. The molecule has 0 unspecified atom stereocenters. The van der Waals surface area contributed by atoms with Gasteiger partial charge in [0.05, 0.1) is 0 Å². The van der Waals surface area contributed by atoms with Gasteiger partial charge in [-0.1, -0.05) is 21.6 Å². The molecule has 0 spiro atoms. The monoisotopic (exact) mass is 269 g/mol. The van der Waals surface area contributed by atoms with Crippen LogP contribution in [0.5, 0.6) is 0 Å². The van der Waals surface area contributed by atoms with E-state index in [9.17, 15) is 4.79 Å². The first-order valence-electron chi connectivity index (χ1n) is 5.48. The van der Waals surface area contributed by atoms with Gasteiger partial charge in [-0.2, -0.15) is 0 Å². The maximum Gasteiger partial charge on any atom is 0.251 e. The highest BCUT2D eigenvalue weighted by Crippen LogP contribution is 2.38. The lowest BCUT2D eigenvalue weighted by molar-refractivity contribution is 0.0961. The Kier molecular flexibility index (Phi) is 4.95. The molecule has 1 N–H and O–H groups in total. The Bertz CT molecular complexity index is 455. The zero-order chi connectivity index (χ0) is 13.2. The van der Waals surface area contributed by atoms with Gasteiger partial charge in [-0.05, 0) is 56.2 Å². The molecule has 1 amide bonds. The van der Waals surface area contributed by atoms with E-state index in [1.54, 1.807) is 28.6 Å². The molecule has 0 bridgehead atoms. The summed E-state index contributed by atoms with van der Waals surface area (Å²) in [4.78, 5) is 13.2. The Hall–Kier alpha value is -0.610. The average Bonchev–Trinajstić information content (AvgIpc) is 2.32. The van der Waals surface area contributed by atoms with Crippen LogP contribution in [0.15, 0.2) is 4.90 Å². The number of nitrogens with one attached hydrogen (secondary N) is 1. The van der Waals surface area contributed by atoms with Crippen molar-refractivity contribution in [3.8, 4) is 0 Å². The van der Waals surface area contributed by atoms with Crippen LogP contribution in [0.2, 0.25) is 0 Å². The lowest BCUT2D eigenvalue weighted by Gasteiger charge is -2.18. The molecule has 1 aromatic carbocycles. The van der Waals surface area contributed by atoms with Gasteiger partial charge in [0.25, 0.3) is 5.91 Å². The Labute approximate surface area is 111 Å². The molecule has 2 nitrogen and oxygen atoms in total. The van der Waals surface area contributed by atoms with Gasteiger partial charge in [-0.25, -0.2) is 0 Å². The molecule has 0 heterocycles. The van der Waals surface area contributed by atoms with Gasteiger partial charge in [-0.3, -0.25) is 4.79 Å². The molecule has 1 aromatic rings. The van der Waals surface area contributed by atoms with E-state index in [1.165, 1.54) is 16.0 Å². The topological polar surface area (TPSA) is 29.1 Å². The second kappa shape index (κ2) is 5.83. The van der Waals surface area contributed by atoms with E-state index in [4.69, 9.17) is 0 Å². The van der Waals surface area contributed by atoms with Crippen molar-refractivity contribution in [1.82, 2.24) is 5.32 Å². The summed E-state index contributed by atoms with van der Waals surface area (Å²) in [5.41, 5.74) is 5.50. The molecule has 0 radical (unpaired) electrons. The first-order chi connectivity index (χ1) is 7.95. The lowest BCUT2D eigenvalue weighted by atomic mass is 9.93. The molecule has 0 saturated heterocycles. The third kappa shape index (κ3) is 2.63. The predicted octanol–water partition coefficient (Wildman–Crippen LogP) is 3.65. The predicted molar refractivity (Wildman–Crippen MR) is 78.2 cm³/mol. The summed E-state index contributed by atoms with van der Waals surface area (Å²) in [5, 5.41) is 2.72. The highest BCUT2D eigenvalue weighted by atomic mass is 33.1. The average molecular weight is 269 g/mol. The van der Waals surface area contributed by atoms with Crippen LogP contribution in [0.3, 0.4) is 0 Å². The number of amides is 1. The summed E-state index contributed by atoms with van der Waals surface area (Å²) >= 11 is 0. The molecule has 0 fully saturated rings. The Morgan fingerprint density at radius 2 is 1.59 bits per heavy atom. The van der Waals surface area contributed by atoms with Crippen molar-refractivity contribution < 1.29 is 4.79 Å². The molecule has 17 heavy (non-hydrogen) atoms. The van der Waals surface area contributed by atoms with Crippen molar-refractivity contribution in [1.29, 1.82) is 0 Å². The Balaban J connectivity index is 3.55. The summed E-state index contributed by atoms with van der Waals surface area (Å²) in [6.07, 6.45) is 2.05. The molecular weight excluding hydrogens is 250 g/mol. The smallest absolute Gasteiger partial charge is 0.251 e. The second-order valence-electron chi connectivity index (χ2n) is 4.03. The molecule has 0 aliphatic rings. The van der Waals surface area contributed by atoms with Crippen molar-refractivity contribution in [2.75, 3.05) is 13.3 Å². The van der Waals surface area contributed by atoms with Gasteiger partial charge in [0.2, 0.25) is 0 Å². The normalized spacial score (nSPS) is 10.5. The van der Waals surface area contributed by atoms with Crippen molar-refractivity contribution in [3.63, 3.8) is 0 Å². The van der Waals surface area contributed by atoms with Crippen LogP contribution >= 0.6 is 21.6 Å². The van der Waals surface area contributed by atoms with Crippen molar-refractivity contribution >= 4 is 27.5 Å². The number of benzene rings is 1. The SMILES string of the molecule is CNC(=O)c1c(C)c(C)c(C)c(SSC)c1C. The van der Waals surface area contributed by atoms with Crippen molar-refractivity contribution in [3.05, 3.63) is 27.8 Å². The first kappa shape index (κ1) is 14.5. The zero-order valence-corrected chi connectivity index (χ0v) is 12.9. The summed E-state index contributed by atoms with van der Waals surface area (Å²) < 4.78 is 0. The summed E-state index contributed by atoms with van der Waals surface area (Å²) in [7, 11) is 5.12. The van der Waals surface area contributed by atoms with Gasteiger partial charge in [0, 0.05) is 17.5 Å². The minimum atomic E-state index is 0.00560. The fourth-order valence-electron chi connectivity index (χ4n) is 1.99. The van der Waals surface area contributed by atoms with E-state index in [1.807, 2.05) is 13.8 Å². The molecule has 1 rings (SSSR count). The van der Waals surface area contributed by atoms with Crippen LogP contribution in [0.1, 0.15) is 32.6 Å². The number of hydrogen-bond acceptors (Lipinski definition) is 3. The van der Waals surface area contributed by atoms with E-state index in [-0.39, 0.29) is 5.91 Å². The van der Waals surface area contributed by atoms with E-state index in [0.29, 0.717) is 0 Å². The molecule has 4 heteroatoms. The zero-order valence-electron chi connectivity index (χ0n) is 11.2. The summed E-state index contributed by atoms with van der Waals surface area (Å²) in [6.45, 7) is 8.26. The van der Waals surface area contributed by atoms with Crippen molar-refractivity contribution in [2.45, 2.75) is 32.6 Å². The molecule has 0 atom stereocenters. The van der Waals surface area contributed by atoms with Crippen LogP contribution in [0.25, 0.3) is 0 Å². The van der Waals surface area contributed by atoms with Crippen LogP contribution in [0.4, 0.5) is 0 Å². The molecular formula is C13H19NOS2. The third-order valence-electron chi connectivity index (χ3n) is 3.18. The van der Waals surface area contributed by atoms with Gasteiger partial charge in [-0.15, -0.1) is 0 Å². The number of rotatable bonds is 3. The van der Waals surface area contributed by atoms with Crippen LogP contribution < -0.4 is 5.32 Å². The van der Waals surface area contributed by atoms with Gasteiger partial charge in [0.1, 0.15) is 0 Å². The molecule has 94 valence electrons. The van der Waals surface area contributed by atoms with Gasteiger partial charge in [0.15, 0.2) is 0 Å². The quantitative estimate of drug-likeness (QED) is 0.849. The number of carbonyl (C=O) groups excluding carboxylic acids is 1. The Morgan fingerprint density at radius 3 is 2.06 bits per heavy atom. The van der Waals surface area contributed by atoms with Gasteiger partial charge >= 0.3 is 0 Å². The van der Waals surface area contributed by atoms with E-state index in [2.05, 4.69) is 25.4 Å². The molecule has 0 aliphatic carbocycles. The maximum absolute atomic E-state index is 11.9. The summed E-state index contributed by atoms with van der Waals surface area (Å²) in [6, 6.07) is 0.